The van der Waals surface area contributed by atoms with Crippen molar-refractivity contribution in [3.8, 4) is 11.5 Å². The predicted octanol–water partition coefficient (Wildman–Crippen LogP) is 7.33. The van der Waals surface area contributed by atoms with E-state index < -0.39 is 34.8 Å². The first kappa shape index (κ1) is 28.8. The van der Waals surface area contributed by atoms with Gasteiger partial charge in [-0.25, -0.2) is 8.78 Å². The van der Waals surface area contributed by atoms with Crippen LogP contribution in [-0.2, 0) is 26.1 Å². The highest BCUT2D eigenvalue weighted by molar-refractivity contribution is 6.32. The monoisotopic (exact) mass is 601 g/mol. The van der Waals surface area contributed by atoms with Crippen molar-refractivity contribution in [1.82, 2.24) is 14.8 Å². The van der Waals surface area contributed by atoms with E-state index in [4.69, 9.17) is 22.1 Å². The second-order valence-corrected chi connectivity index (χ2v) is 9.73. The minimum absolute atomic E-state index is 0.00433. The first-order chi connectivity index (χ1) is 19.9. The van der Waals surface area contributed by atoms with Crippen LogP contribution in [0.1, 0.15) is 27.2 Å². The van der Waals surface area contributed by atoms with Gasteiger partial charge in [0.25, 0.3) is 5.91 Å². The van der Waals surface area contributed by atoms with Crippen molar-refractivity contribution in [3.63, 3.8) is 0 Å². The molecule has 0 fully saturated rings. The van der Waals surface area contributed by atoms with Crippen molar-refractivity contribution < 1.29 is 31.5 Å². The van der Waals surface area contributed by atoms with Crippen molar-refractivity contribution in [2.45, 2.75) is 19.0 Å². The van der Waals surface area contributed by atoms with Gasteiger partial charge in [0.05, 0.1) is 27.2 Å². The number of carbonyl (C=O) groups is 1. The molecule has 0 aliphatic heterocycles. The summed E-state index contributed by atoms with van der Waals surface area (Å²) in [5.41, 5.74) is 6.22. The number of anilines is 2. The number of ether oxygens (including phenoxy) is 1. The van der Waals surface area contributed by atoms with Crippen LogP contribution in [0, 0.1) is 11.6 Å². The molecule has 42 heavy (non-hydrogen) atoms. The standard InChI is InChI=1S/C29H21ClF5N5O2/c1-40-25-15(5-7-20-4-2-3-9-37-20)12-22(38-28(41)16-10-17(29(33,34)35)13-19(32)11-16)26(24(25)27(36)39-40)42-23-14-18(31)6-8-21(23)30/h2-4,6,8-14H,5,7H2,1H3,(H2,36,39)(H,38,41). The summed E-state index contributed by atoms with van der Waals surface area (Å²) in [7, 11) is 1.64. The van der Waals surface area contributed by atoms with Crippen LogP contribution in [0.4, 0.5) is 33.5 Å². The molecule has 1 amide bonds. The molecule has 0 aliphatic rings. The number of hydrogen-bond acceptors (Lipinski definition) is 5. The third kappa shape index (κ3) is 5.98. The lowest BCUT2D eigenvalue weighted by atomic mass is 10.0. The Balaban J connectivity index is 1.65. The van der Waals surface area contributed by atoms with Crippen LogP contribution in [0.5, 0.6) is 11.5 Å². The molecular formula is C29H21ClF5N5O2. The van der Waals surface area contributed by atoms with Crippen molar-refractivity contribution in [3.05, 3.63) is 106 Å². The summed E-state index contributed by atoms with van der Waals surface area (Å²) in [6, 6.07) is 11.9. The van der Waals surface area contributed by atoms with E-state index in [1.54, 1.807) is 19.3 Å². The Morgan fingerprint density at radius 2 is 1.83 bits per heavy atom. The van der Waals surface area contributed by atoms with Gasteiger partial charge in [-0.05, 0) is 66.9 Å². The number of fused-ring (bicyclic) bond motifs is 1. The fourth-order valence-electron chi connectivity index (χ4n) is 4.52. The summed E-state index contributed by atoms with van der Waals surface area (Å²) in [6.45, 7) is 0. The normalized spacial score (nSPS) is 11.6. The minimum atomic E-state index is -4.89. The van der Waals surface area contributed by atoms with Gasteiger partial charge in [0.1, 0.15) is 17.4 Å². The second-order valence-electron chi connectivity index (χ2n) is 9.32. The van der Waals surface area contributed by atoms with Gasteiger partial charge in [-0.2, -0.15) is 18.3 Å². The van der Waals surface area contributed by atoms with Crippen LogP contribution in [0.25, 0.3) is 10.9 Å². The fourth-order valence-corrected chi connectivity index (χ4v) is 4.68. The number of carbonyl (C=O) groups excluding carboxylic acids is 1. The topological polar surface area (TPSA) is 95.1 Å². The van der Waals surface area contributed by atoms with Gasteiger partial charge in [-0.3, -0.25) is 14.5 Å². The summed E-state index contributed by atoms with van der Waals surface area (Å²) >= 11 is 6.24. The van der Waals surface area contributed by atoms with E-state index in [1.165, 1.54) is 16.8 Å². The molecular weight excluding hydrogens is 581 g/mol. The maximum atomic E-state index is 14.1. The first-order valence-electron chi connectivity index (χ1n) is 12.4. The molecule has 0 saturated carbocycles. The van der Waals surface area contributed by atoms with Crippen LogP contribution in [0.2, 0.25) is 5.02 Å². The molecule has 3 N–H and O–H groups in total. The van der Waals surface area contributed by atoms with Crippen LogP contribution in [0.15, 0.2) is 66.9 Å². The molecule has 7 nitrogen and oxygen atoms in total. The number of nitrogens with one attached hydrogen (secondary N) is 1. The molecule has 5 aromatic rings. The van der Waals surface area contributed by atoms with E-state index in [9.17, 15) is 26.7 Å². The Hall–Kier alpha value is -4.71. The number of alkyl halides is 3. The highest BCUT2D eigenvalue weighted by Crippen LogP contribution is 2.44. The van der Waals surface area contributed by atoms with Crippen molar-refractivity contribution in [1.29, 1.82) is 0 Å². The van der Waals surface area contributed by atoms with E-state index >= 15 is 0 Å². The van der Waals surface area contributed by atoms with E-state index in [-0.39, 0.29) is 39.5 Å². The number of benzene rings is 3. The molecule has 216 valence electrons. The SMILES string of the molecule is Cn1nc(N)c2c(Oc3cc(F)ccc3Cl)c(NC(=O)c3cc(F)cc(C(F)(F)F)c3)cc(CCc3ccccn3)c21. The largest absolute Gasteiger partial charge is 0.453 e. The summed E-state index contributed by atoms with van der Waals surface area (Å²) in [5, 5.41) is 7.06. The van der Waals surface area contributed by atoms with Gasteiger partial charge in [-0.15, -0.1) is 0 Å². The second kappa shape index (κ2) is 11.3. The smallest absolute Gasteiger partial charge is 0.416 e. The molecule has 5 rings (SSSR count). The average molecular weight is 602 g/mol. The lowest BCUT2D eigenvalue weighted by Crippen LogP contribution is -2.16. The highest BCUT2D eigenvalue weighted by Gasteiger charge is 2.32. The highest BCUT2D eigenvalue weighted by atomic mass is 35.5. The number of hydrogen-bond donors (Lipinski definition) is 2. The van der Waals surface area contributed by atoms with Crippen molar-refractivity contribution >= 4 is 39.9 Å². The quantitative estimate of drug-likeness (QED) is 0.191. The number of pyridine rings is 1. The molecule has 0 radical (unpaired) electrons. The van der Waals surface area contributed by atoms with Gasteiger partial charge in [-0.1, -0.05) is 17.7 Å². The van der Waals surface area contributed by atoms with E-state index in [0.29, 0.717) is 36.1 Å². The van der Waals surface area contributed by atoms with E-state index in [2.05, 4.69) is 15.4 Å². The molecule has 0 saturated heterocycles. The number of amides is 1. The molecule has 0 unspecified atom stereocenters. The lowest BCUT2D eigenvalue weighted by Gasteiger charge is -2.18. The Bertz CT molecular complexity index is 1810. The number of nitrogen functional groups attached to an aromatic ring is 1. The Morgan fingerprint density at radius 3 is 2.55 bits per heavy atom. The zero-order valence-corrected chi connectivity index (χ0v) is 22.5. The Kier molecular flexibility index (Phi) is 7.74. The number of halogens is 6. The molecule has 0 aliphatic carbocycles. The van der Waals surface area contributed by atoms with Gasteiger partial charge < -0.3 is 15.8 Å². The summed E-state index contributed by atoms with van der Waals surface area (Å²) < 4.78 is 75.7. The van der Waals surface area contributed by atoms with Crippen LogP contribution < -0.4 is 15.8 Å². The van der Waals surface area contributed by atoms with Gasteiger partial charge in [0.2, 0.25) is 0 Å². The summed E-state index contributed by atoms with van der Waals surface area (Å²) in [4.78, 5) is 17.6. The first-order valence-corrected chi connectivity index (χ1v) is 12.8. The zero-order chi connectivity index (χ0) is 30.2. The van der Waals surface area contributed by atoms with E-state index in [1.807, 2.05) is 12.1 Å². The van der Waals surface area contributed by atoms with Gasteiger partial charge in [0, 0.05) is 30.6 Å². The third-order valence-electron chi connectivity index (χ3n) is 6.39. The molecule has 2 aromatic heterocycles. The average Bonchev–Trinajstić information content (AvgIpc) is 3.24. The number of rotatable bonds is 7. The molecule has 13 heteroatoms. The minimum Gasteiger partial charge on any atom is -0.453 e. The molecule has 0 bridgehead atoms. The predicted molar refractivity (Wildman–Crippen MR) is 148 cm³/mol. The van der Waals surface area contributed by atoms with Crippen LogP contribution >= 0.6 is 11.6 Å². The Labute approximate surface area is 240 Å². The summed E-state index contributed by atoms with van der Waals surface area (Å²) in [5.74, 6) is -3.20. The number of nitrogens with zero attached hydrogens (tertiary/aromatic N) is 3. The van der Waals surface area contributed by atoms with E-state index in [0.717, 1.165) is 17.8 Å². The maximum Gasteiger partial charge on any atom is 0.416 e. The molecule has 0 atom stereocenters. The lowest BCUT2D eigenvalue weighted by molar-refractivity contribution is -0.137. The summed E-state index contributed by atoms with van der Waals surface area (Å²) in [6.07, 6.45) is -2.38. The Morgan fingerprint density at radius 1 is 1.05 bits per heavy atom. The number of aromatic nitrogens is 3. The molecule has 2 heterocycles. The number of nitrogens with two attached hydrogens (primary N) is 1. The maximum absolute atomic E-state index is 14.1. The van der Waals surface area contributed by atoms with Crippen LogP contribution in [-0.4, -0.2) is 20.7 Å². The fraction of sp³-hybridized carbons (Fsp3) is 0.138. The van der Waals surface area contributed by atoms with Crippen LogP contribution in [0.3, 0.4) is 0 Å². The molecule has 0 spiro atoms. The third-order valence-corrected chi connectivity index (χ3v) is 6.70. The number of aryl methyl sites for hydroxylation is 3. The molecule has 3 aromatic carbocycles. The van der Waals surface area contributed by atoms with Gasteiger partial charge >= 0.3 is 6.18 Å². The van der Waals surface area contributed by atoms with Crippen molar-refractivity contribution in [2.75, 3.05) is 11.1 Å². The zero-order valence-electron chi connectivity index (χ0n) is 21.8. The van der Waals surface area contributed by atoms with Gasteiger partial charge in [0.15, 0.2) is 11.6 Å². The van der Waals surface area contributed by atoms with Crippen molar-refractivity contribution in [2.24, 2.45) is 7.05 Å².